The van der Waals surface area contributed by atoms with Crippen LogP contribution in [0.1, 0.15) is 187 Å². The molecular formula is C41H79N2O6P. The molecule has 0 aliphatic heterocycles. The van der Waals surface area contributed by atoms with E-state index in [1.807, 2.05) is 6.08 Å². The van der Waals surface area contributed by atoms with Crippen molar-refractivity contribution >= 4 is 13.7 Å². The molecule has 0 fully saturated rings. The number of phosphoric acid groups is 1. The van der Waals surface area contributed by atoms with Gasteiger partial charge in [-0.25, -0.2) is 4.57 Å². The fourth-order valence-corrected chi connectivity index (χ4v) is 6.55. The van der Waals surface area contributed by atoms with Crippen molar-refractivity contribution in [1.82, 2.24) is 5.32 Å². The summed E-state index contributed by atoms with van der Waals surface area (Å²) in [6.45, 7) is 4.09. The van der Waals surface area contributed by atoms with Crippen LogP contribution in [-0.4, -0.2) is 47.8 Å². The Balaban J connectivity index is 4.27. The molecule has 0 aromatic carbocycles. The van der Waals surface area contributed by atoms with Crippen molar-refractivity contribution in [2.45, 2.75) is 199 Å². The lowest BCUT2D eigenvalue weighted by molar-refractivity contribution is -0.123. The van der Waals surface area contributed by atoms with Crippen LogP contribution in [-0.2, 0) is 18.4 Å². The summed E-state index contributed by atoms with van der Waals surface area (Å²) in [6, 6.07) is -0.877. The van der Waals surface area contributed by atoms with Crippen molar-refractivity contribution in [1.29, 1.82) is 0 Å². The van der Waals surface area contributed by atoms with E-state index >= 15 is 0 Å². The van der Waals surface area contributed by atoms with Gasteiger partial charge in [-0.05, 0) is 57.8 Å². The first-order chi connectivity index (χ1) is 24.4. The lowest BCUT2D eigenvalue weighted by Gasteiger charge is -2.23. The molecule has 1 amide bonds. The van der Waals surface area contributed by atoms with E-state index in [4.69, 9.17) is 14.8 Å². The number of hydrogen-bond donors (Lipinski definition) is 4. The summed E-state index contributed by atoms with van der Waals surface area (Å²) in [5.41, 5.74) is 5.36. The Bertz CT molecular complexity index is 881. The zero-order chi connectivity index (χ0) is 36.8. The monoisotopic (exact) mass is 727 g/mol. The molecule has 0 spiro atoms. The van der Waals surface area contributed by atoms with Gasteiger partial charge >= 0.3 is 7.82 Å². The molecule has 0 saturated carbocycles. The maximum Gasteiger partial charge on any atom is 0.472 e. The first-order valence-electron chi connectivity index (χ1n) is 20.6. The Morgan fingerprint density at radius 1 is 0.640 bits per heavy atom. The molecule has 3 unspecified atom stereocenters. The topological polar surface area (TPSA) is 131 Å². The fraction of sp³-hybridized carbons (Fsp3) is 0.829. The van der Waals surface area contributed by atoms with E-state index in [0.717, 1.165) is 38.5 Å². The number of allylic oxidation sites excluding steroid dienone is 5. The fourth-order valence-electron chi connectivity index (χ4n) is 5.79. The molecule has 0 aromatic heterocycles. The number of carbonyl (C=O) groups excluding carboxylic acids is 1. The van der Waals surface area contributed by atoms with Gasteiger partial charge in [0.15, 0.2) is 0 Å². The Hall–Kier alpha value is -1.28. The van der Waals surface area contributed by atoms with Gasteiger partial charge in [-0.2, -0.15) is 0 Å². The smallest absolute Gasteiger partial charge is 0.387 e. The molecule has 0 aliphatic carbocycles. The largest absolute Gasteiger partial charge is 0.472 e. The average Bonchev–Trinajstić information content (AvgIpc) is 3.10. The second-order valence-electron chi connectivity index (χ2n) is 13.8. The number of nitrogens with one attached hydrogen (secondary N) is 1. The minimum Gasteiger partial charge on any atom is -0.387 e. The van der Waals surface area contributed by atoms with Crippen LogP contribution in [0, 0.1) is 0 Å². The average molecular weight is 727 g/mol. The zero-order valence-electron chi connectivity index (χ0n) is 32.4. The van der Waals surface area contributed by atoms with Gasteiger partial charge in [0.05, 0.1) is 25.4 Å². The van der Waals surface area contributed by atoms with Crippen LogP contribution < -0.4 is 11.1 Å². The first kappa shape index (κ1) is 48.7. The number of aliphatic hydroxyl groups is 1. The third-order valence-electron chi connectivity index (χ3n) is 8.94. The van der Waals surface area contributed by atoms with Gasteiger partial charge in [-0.15, -0.1) is 0 Å². The molecule has 50 heavy (non-hydrogen) atoms. The predicted octanol–water partition coefficient (Wildman–Crippen LogP) is 11.2. The molecule has 0 bridgehead atoms. The summed E-state index contributed by atoms with van der Waals surface area (Å²) in [5, 5.41) is 13.6. The van der Waals surface area contributed by atoms with Crippen molar-refractivity contribution in [2.75, 3.05) is 19.8 Å². The van der Waals surface area contributed by atoms with Gasteiger partial charge in [-0.1, -0.05) is 159 Å². The maximum absolute atomic E-state index is 12.7. The van der Waals surface area contributed by atoms with Gasteiger partial charge in [0.1, 0.15) is 0 Å². The standard InChI is InChI=1S/C41H79N2O6P/c1-3-5-7-9-11-13-15-17-18-19-20-21-23-25-27-29-31-33-35-41(45)43-39(38-49-50(46,47)48-37-36-42)40(44)34-32-30-28-26-24-22-16-14-12-10-8-6-4-2/h18-19,24,26,32,34,39-40,44H,3-17,20-23,25,27-31,33,35-38,42H2,1-2H3,(H,43,45)(H,46,47)/b19-18-,26-24+,34-32+. The second kappa shape index (κ2) is 37.5. The van der Waals surface area contributed by atoms with Crippen LogP contribution in [0.2, 0.25) is 0 Å². The third-order valence-corrected chi connectivity index (χ3v) is 9.92. The van der Waals surface area contributed by atoms with E-state index in [9.17, 15) is 19.4 Å². The number of phosphoric ester groups is 1. The highest BCUT2D eigenvalue weighted by atomic mass is 31.2. The van der Waals surface area contributed by atoms with Gasteiger partial charge in [-0.3, -0.25) is 13.8 Å². The minimum atomic E-state index is -4.34. The van der Waals surface area contributed by atoms with Crippen molar-refractivity contribution in [3.05, 3.63) is 36.5 Å². The van der Waals surface area contributed by atoms with Crippen molar-refractivity contribution < 1.29 is 28.4 Å². The molecule has 8 nitrogen and oxygen atoms in total. The summed E-state index contributed by atoms with van der Waals surface area (Å²) in [5.74, 6) is -0.210. The summed E-state index contributed by atoms with van der Waals surface area (Å²) in [7, 11) is -4.34. The molecule has 0 heterocycles. The van der Waals surface area contributed by atoms with E-state index in [-0.39, 0.29) is 25.7 Å². The Kier molecular flexibility index (Phi) is 36.5. The SMILES string of the molecule is CCCCCCCCC/C=C\CCCCCCCCCC(=O)NC(COP(=O)(O)OCCN)C(O)/C=C/CC/C=C/CCCCCCCCC. The second-order valence-corrected chi connectivity index (χ2v) is 15.3. The van der Waals surface area contributed by atoms with Gasteiger partial charge in [0.2, 0.25) is 5.91 Å². The predicted molar refractivity (Wildman–Crippen MR) is 212 cm³/mol. The van der Waals surface area contributed by atoms with Crippen molar-refractivity contribution in [2.24, 2.45) is 5.73 Å². The van der Waals surface area contributed by atoms with E-state index in [1.165, 1.54) is 128 Å². The van der Waals surface area contributed by atoms with Gasteiger partial charge < -0.3 is 21.1 Å². The third kappa shape index (κ3) is 35.1. The Labute approximate surface area is 308 Å². The molecular weight excluding hydrogens is 647 g/mol. The number of hydrogen-bond acceptors (Lipinski definition) is 6. The molecule has 0 saturated heterocycles. The number of unbranched alkanes of at least 4 members (excludes halogenated alkanes) is 22. The number of carbonyl (C=O) groups is 1. The van der Waals surface area contributed by atoms with E-state index in [1.54, 1.807) is 6.08 Å². The normalized spacial score (nSPS) is 14.6. The molecule has 294 valence electrons. The van der Waals surface area contributed by atoms with E-state index < -0.39 is 20.0 Å². The highest BCUT2D eigenvalue weighted by Crippen LogP contribution is 2.43. The van der Waals surface area contributed by atoms with Crippen molar-refractivity contribution in [3.63, 3.8) is 0 Å². The van der Waals surface area contributed by atoms with Crippen molar-refractivity contribution in [3.8, 4) is 0 Å². The van der Waals surface area contributed by atoms with Crippen LogP contribution >= 0.6 is 7.82 Å². The number of nitrogens with two attached hydrogens (primary N) is 1. The molecule has 5 N–H and O–H groups in total. The highest BCUT2D eigenvalue weighted by Gasteiger charge is 2.26. The quantitative estimate of drug-likeness (QED) is 0.0283. The molecule has 9 heteroatoms. The van der Waals surface area contributed by atoms with Crippen LogP contribution in [0.5, 0.6) is 0 Å². The first-order valence-corrected chi connectivity index (χ1v) is 22.1. The van der Waals surface area contributed by atoms with Gasteiger partial charge in [0, 0.05) is 13.0 Å². The van der Waals surface area contributed by atoms with Crippen LogP contribution in [0.25, 0.3) is 0 Å². The number of aliphatic hydroxyl groups excluding tert-OH is 1. The Morgan fingerprint density at radius 3 is 1.54 bits per heavy atom. The molecule has 0 rings (SSSR count). The molecule has 0 aliphatic rings. The number of amides is 1. The van der Waals surface area contributed by atoms with Crippen LogP contribution in [0.3, 0.4) is 0 Å². The maximum atomic E-state index is 12.7. The van der Waals surface area contributed by atoms with Crippen LogP contribution in [0.4, 0.5) is 0 Å². The van der Waals surface area contributed by atoms with Crippen LogP contribution in [0.15, 0.2) is 36.5 Å². The summed E-state index contributed by atoms with van der Waals surface area (Å²) >= 11 is 0. The zero-order valence-corrected chi connectivity index (χ0v) is 33.3. The summed E-state index contributed by atoms with van der Waals surface area (Å²) < 4.78 is 22.0. The molecule has 3 atom stereocenters. The highest BCUT2D eigenvalue weighted by molar-refractivity contribution is 7.47. The molecule has 0 radical (unpaired) electrons. The lowest BCUT2D eigenvalue weighted by Crippen LogP contribution is -2.45. The number of rotatable bonds is 38. The van der Waals surface area contributed by atoms with E-state index in [2.05, 4.69) is 43.5 Å². The Morgan fingerprint density at radius 2 is 1.06 bits per heavy atom. The summed E-state index contributed by atoms with van der Waals surface area (Å²) in [6.07, 6.45) is 43.3. The van der Waals surface area contributed by atoms with Gasteiger partial charge in [0.25, 0.3) is 0 Å². The van der Waals surface area contributed by atoms with E-state index in [0.29, 0.717) is 6.42 Å². The summed E-state index contributed by atoms with van der Waals surface area (Å²) in [4.78, 5) is 22.6. The molecule has 0 aromatic rings. The minimum absolute atomic E-state index is 0.0731. The lowest BCUT2D eigenvalue weighted by atomic mass is 10.1.